The first-order valence-electron chi connectivity index (χ1n) is 44.8. The molecule has 5 nitrogen and oxygen atoms in total. The zero-order chi connectivity index (χ0) is 86.5. The number of para-hydroxylation sites is 2. The van der Waals surface area contributed by atoms with Crippen LogP contribution in [0.4, 0.5) is 34.1 Å². The Morgan fingerprint density at radius 3 is 0.992 bits per heavy atom. The molecule has 0 bridgehead atoms. The van der Waals surface area contributed by atoms with Gasteiger partial charge >= 0.3 is 0 Å². The minimum Gasteiger partial charge on any atom is -0.310 e. The molecule has 20 rings (SSSR count). The average molecular weight is 1610 g/mol. The maximum absolute atomic E-state index is 2.79. The molecule has 0 amide bonds. The zero-order valence-corrected chi connectivity index (χ0v) is 76.3. The SMILES string of the molecule is CC(C)(C)c1cc(-c2ccc3c(c2)N(c2c(-c4ccccc4)cc(C(C)(C)C)cc2-c2ccccc2)c2cc(-n4c5ccc(C(C)(C)C)cc5c5cc(C(C)(C)C)ccc54)cc4c2B3c2ccc(-n3c5ccc(C(C)(C)C)cc5c5cc(C(C)(C)C)ccc53)cc2N4c2c(-c3ccccc3)ccc3c2c2ccccc2n3-c2ccccc2)cc(C(C)(C)C)c1. The third-order valence-corrected chi connectivity index (χ3v) is 27.1. The molecule has 0 aliphatic carbocycles. The van der Waals surface area contributed by atoms with E-state index in [1.165, 1.54) is 104 Å². The van der Waals surface area contributed by atoms with E-state index >= 15 is 0 Å². The van der Waals surface area contributed by atoms with Gasteiger partial charge in [0.05, 0.1) is 50.2 Å². The summed E-state index contributed by atoms with van der Waals surface area (Å²) in [5.41, 5.74) is 37.9. The van der Waals surface area contributed by atoms with E-state index in [-0.39, 0.29) is 44.6 Å². The van der Waals surface area contributed by atoms with Gasteiger partial charge < -0.3 is 23.5 Å². The molecule has 614 valence electrons. The normalized spacial score (nSPS) is 13.5. The number of rotatable bonds is 9. The van der Waals surface area contributed by atoms with E-state index in [1.54, 1.807) is 0 Å². The molecule has 5 heterocycles. The summed E-state index contributed by atoms with van der Waals surface area (Å²) in [4.78, 5) is 5.57. The number of hydrogen-bond acceptors (Lipinski definition) is 2. The first-order valence-corrected chi connectivity index (χ1v) is 44.8. The predicted octanol–water partition coefficient (Wildman–Crippen LogP) is 30.8. The largest absolute Gasteiger partial charge is 0.310 e. The fourth-order valence-electron chi connectivity index (χ4n) is 20.0. The Morgan fingerprint density at radius 2 is 0.548 bits per heavy atom. The minimum absolute atomic E-state index is 0.0900. The highest BCUT2D eigenvalue weighted by Crippen LogP contribution is 2.57. The molecule has 3 aromatic heterocycles. The van der Waals surface area contributed by atoms with Crippen LogP contribution in [0.5, 0.6) is 0 Å². The third kappa shape index (κ3) is 13.2. The summed E-state index contributed by atoms with van der Waals surface area (Å²) in [5, 5.41) is 7.31. The second-order valence-electron chi connectivity index (χ2n) is 42.7. The van der Waals surface area contributed by atoms with Crippen LogP contribution >= 0.6 is 0 Å². The Hall–Kier alpha value is -12.6. The lowest BCUT2D eigenvalue weighted by atomic mass is 9.33. The van der Waals surface area contributed by atoms with Gasteiger partial charge in [0, 0.05) is 83.1 Å². The quantitative estimate of drug-likeness (QED) is 0.134. The second-order valence-corrected chi connectivity index (χ2v) is 42.7. The molecule has 0 fully saturated rings. The van der Waals surface area contributed by atoms with E-state index in [4.69, 9.17) is 0 Å². The molecule has 2 aliphatic rings. The van der Waals surface area contributed by atoms with E-state index in [9.17, 15) is 0 Å². The first-order chi connectivity index (χ1) is 58.9. The summed E-state index contributed by atoms with van der Waals surface area (Å²) >= 11 is 0. The van der Waals surface area contributed by atoms with Crippen LogP contribution in [-0.2, 0) is 37.9 Å². The molecular weight excluding hydrogens is 1500 g/mol. The molecule has 0 atom stereocenters. The standard InChI is InChI=1S/C118H114BN5/c1-112(2,3)78-47-55-99-92(64-78)93-65-79(113(4,5)6)48-56-100(93)121(99)86-51-54-97-105(70-86)124(111-88(73-36-26-22-27-37-73)52-59-103-108(111)89-44-34-35-45-98(89)120(103)85-42-32-25-33-43-85)107-72-87(122-101-57-49-80(114(7,8)9)66-94(101)95-67-81(115(10,11)12)50-58-102(95)122)71-106-109(107)119(97)96-53-46-76(77-60-82(116(13,14)15)63-83(61-77)117(16,17)18)62-104(96)123(106)110-90(74-38-28-23-29-39-74)68-84(118(19,20)21)69-91(110)75-40-30-24-31-41-75/h22-72H,1-21H3. The van der Waals surface area contributed by atoms with Crippen molar-refractivity contribution >= 4 is 123 Å². The number of nitrogens with zero attached hydrogens (tertiary/aromatic N) is 5. The fraction of sp³-hybridized carbons (Fsp3) is 0.237. The fourth-order valence-corrected chi connectivity index (χ4v) is 20.0. The van der Waals surface area contributed by atoms with E-state index < -0.39 is 0 Å². The van der Waals surface area contributed by atoms with E-state index in [0.717, 1.165) is 112 Å². The van der Waals surface area contributed by atoms with Crippen LogP contribution < -0.4 is 26.2 Å². The van der Waals surface area contributed by atoms with Gasteiger partial charge in [-0.15, -0.1) is 0 Å². The van der Waals surface area contributed by atoms with Crippen molar-refractivity contribution in [1.82, 2.24) is 13.7 Å². The van der Waals surface area contributed by atoms with Crippen molar-refractivity contribution in [3.63, 3.8) is 0 Å². The molecule has 18 aromatic rings. The van der Waals surface area contributed by atoms with E-state index in [2.05, 4.69) is 478 Å². The number of fused-ring (bicyclic) bond motifs is 13. The summed E-state index contributed by atoms with van der Waals surface area (Å²) < 4.78 is 7.75. The first kappa shape index (κ1) is 79.8. The molecule has 0 radical (unpaired) electrons. The van der Waals surface area contributed by atoms with Crippen molar-refractivity contribution in [3.05, 3.63) is 348 Å². The number of aromatic nitrogens is 3. The highest BCUT2D eigenvalue weighted by molar-refractivity contribution is 7.00. The number of hydrogen-bond donors (Lipinski definition) is 0. The molecule has 0 N–H and O–H groups in total. The number of anilines is 6. The van der Waals surface area contributed by atoms with Crippen LogP contribution in [0.2, 0.25) is 0 Å². The van der Waals surface area contributed by atoms with Crippen molar-refractivity contribution in [2.24, 2.45) is 0 Å². The van der Waals surface area contributed by atoms with Crippen LogP contribution in [-0.4, -0.2) is 20.4 Å². The molecule has 0 spiro atoms. The molecule has 0 unspecified atom stereocenters. The number of benzene rings is 15. The Bertz CT molecular complexity index is 7130. The summed E-state index contributed by atoms with van der Waals surface area (Å²) in [6.45, 7) is 49.2. The third-order valence-electron chi connectivity index (χ3n) is 27.1. The van der Waals surface area contributed by atoms with Crippen LogP contribution in [0, 0.1) is 0 Å². The van der Waals surface area contributed by atoms with Gasteiger partial charge in [0.1, 0.15) is 0 Å². The molecule has 6 heteroatoms. The molecule has 0 saturated heterocycles. The van der Waals surface area contributed by atoms with Crippen molar-refractivity contribution in [2.75, 3.05) is 9.80 Å². The van der Waals surface area contributed by atoms with Gasteiger partial charge in [0.25, 0.3) is 6.71 Å². The Kier molecular flexibility index (Phi) is 18.3. The Labute approximate surface area is 734 Å². The highest BCUT2D eigenvalue weighted by atomic mass is 15.2. The van der Waals surface area contributed by atoms with Crippen molar-refractivity contribution < 1.29 is 0 Å². The second kappa shape index (κ2) is 28.5. The van der Waals surface area contributed by atoms with Crippen LogP contribution in [0.3, 0.4) is 0 Å². The lowest BCUT2D eigenvalue weighted by Crippen LogP contribution is -2.61. The monoisotopic (exact) mass is 1610 g/mol. The smallest absolute Gasteiger partial charge is 0.252 e. The predicted molar refractivity (Wildman–Crippen MR) is 536 cm³/mol. The molecule has 2 aliphatic heterocycles. The summed E-state index contributed by atoms with van der Waals surface area (Å²) in [7, 11) is 0. The molecular formula is C118H114BN5. The summed E-state index contributed by atoms with van der Waals surface area (Å²) in [6, 6.07) is 121. The van der Waals surface area contributed by atoms with Gasteiger partial charge in [0.2, 0.25) is 0 Å². The van der Waals surface area contributed by atoms with Gasteiger partial charge in [-0.25, -0.2) is 0 Å². The van der Waals surface area contributed by atoms with Crippen LogP contribution in [0.15, 0.2) is 309 Å². The van der Waals surface area contributed by atoms with Crippen LogP contribution in [0.1, 0.15) is 184 Å². The van der Waals surface area contributed by atoms with Gasteiger partial charge in [-0.3, -0.25) is 0 Å². The average Bonchev–Trinajstić information content (AvgIpc) is 1.02. The van der Waals surface area contributed by atoms with E-state index in [1.807, 2.05) is 0 Å². The molecule has 124 heavy (non-hydrogen) atoms. The minimum atomic E-state index is -0.325. The van der Waals surface area contributed by atoms with Gasteiger partial charge in [-0.05, 0) is 236 Å². The van der Waals surface area contributed by atoms with Gasteiger partial charge in [-0.1, -0.05) is 340 Å². The highest BCUT2D eigenvalue weighted by Gasteiger charge is 2.47. The maximum Gasteiger partial charge on any atom is 0.252 e. The van der Waals surface area contributed by atoms with Crippen molar-refractivity contribution in [2.45, 2.75) is 183 Å². The Balaban J connectivity index is 1.02. The topological polar surface area (TPSA) is 21.3 Å². The van der Waals surface area contributed by atoms with E-state index in [0.29, 0.717) is 0 Å². The van der Waals surface area contributed by atoms with Gasteiger partial charge in [0.15, 0.2) is 0 Å². The summed E-state index contributed by atoms with van der Waals surface area (Å²) in [5.74, 6) is 0. The van der Waals surface area contributed by atoms with Gasteiger partial charge in [-0.2, -0.15) is 0 Å². The molecule has 0 saturated carbocycles. The lowest BCUT2D eigenvalue weighted by molar-refractivity contribution is 0.569. The van der Waals surface area contributed by atoms with Crippen LogP contribution in [0.25, 0.3) is 127 Å². The zero-order valence-electron chi connectivity index (χ0n) is 76.3. The molecule has 15 aromatic carbocycles. The van der Waals surface area contributed by atoms with Crippen molar-refractivity contribution in [3.8, 4) is 61.6 Å². The lowest BCUT2D eigenvalue weighted by Gasteiger charge is -2.46. The summed E-state index contributed by atoms with van der Waals surface area (Å²) in [6.07, 6.45) is 0. The Morgan fingerprint density at radius 1 is 0.202 bits per heavy atom. The maximum atomic E-state index is 2.79. The van der Waals surface area contributed by atoms with Crippen molar-refractivity contribution in [1.29, 1.82) is 0 Å².